The van der Waals surface area contributed by atoms with E-state index in [0.717, 1.165) is 58.7 Å². The van der Waals surface area contributed by atoms with Crippen molar-refractivity contribution < 1.29 is 75.5 Å². The van der Waals surface area contributed by atoms with Gasteiger partial charge >= 0.3 is 51.4 Å². The first kappa shape index (κ1) is 32.3. The maximum atomic E-state index is 10.9. The Morgan fingerprint density at radius 1 is 0.812 bits per heavy atom. The molecule has 0 amide bonds. The van der Waals surface area contributed by atoms with Crippen LogP contribution < -0.4 is 56.5 Å². The van der Waals surface area contributed by atoms with E-state index in [1.807, 2.05) is 0 Å². The van der Waals surface area contributed by atoms with Crippen molar-refractivity contribution in [2.75, 3.05) is 51.8 Å². The van der Waals surface area contributed by atoms with E-state index in [2.05, 4.69) is 40.0 Å². The van der Waals surface area contributed by atoms with Gasteiger partial charge in [-0.05, 0) is 78.5 Å². The minimum absolute atomic E-state index is 0. The average molecular weight is 611 g/mol. The molecule has 3 spiro atoms. The van der Waals surface area contributed by atoms with Crippen molar-refractivity contribution in [3.05, 3.63) is 0 Å². The van der Waals surface area contributed by atoms with Gasteiger partial charge in [-0.25, -0.2) is 0 Å². The number of epoxide rings is 1. The number of Topliss-reactive ketones (excluding diaryl/α,β-unsaturated/α-hetero) is 1. The van der Waals surface area contributed by atoms with Crippen molar-refractivity contribution in [3.8, 4) is 0 Å². The number of carbonyl (C=O) groups excluding carboxylic acids is 1. The molecule has 8 heteroatoms. The zero-order chi connectivity index (χ0) is 23.4. The van der Waals surface area contributed by atoms with E-state index < -0.39 is 5.60 Å². The SMILES string of the molecule is C1CC2(CCC13COC3)CO2.CC(C)(C)[O-].CS(C)(C)I.O=C1CCC2(CC1)COC2.[K+]. The monoisotopic (exact) mass is 610 g/mol. The smallest absolute Gasteiger partial charge is 0.850 e. The van der Waals surface area contributed by atoms with Gasteiger partial charge in [0.15, 0.2) is 0 Å². The summed E-state index contributed by atoms with van der Waals surface area (Å²) < 4.78 is 15.9. The molecule has 5 fully saturated rings. The van der Waals surface area contributed by atoms with Crippen LogP contribution >= 0.6 is 28.4 Å². The van der Waals surface area contributed by atoms with Crippen molar-refractivity contribution >= 4 is 34.2 Å². The zero-order valence-corrected chi connectivity index (χ0v) is 27.6. The molecule has 0 aromatic rings. The number of hydrogen-bond donors (Lipinski definition) is 0. The van der Waals surface area contributed by atoms with E-state index in [1.165, 1.54) is 25.7 Å². The van der Waals surface area contributed by atoms with Gasteiger partial charge in [0, 0.05) is 23.7 Å². The molecule has 184 valence electrons. The maximum absolute atomic E-state index is 10.9. The predicted octanol–water partition coefficient (Wildman–Crippen LogP) is 1.67. The van der Waals surface area contributed by atoms with Gasteiger partial charge in [0.05, 0.1) is 38.6 Å². The molecule has 0 aromatic heterocycles. The summed E-state index contributed by atoms with van der Waals surface area (Å²) in [7, 11) is -0.197. The molecule has 2 saturated carbocycles. The van der Waals surface area contributed by atoms with Crippen LogP contribution in [0.1, 0.15) is 72.1 Å². The Kier molecular flexibility index (Phi) is 13.3. The Labute approximate surface area is 252 Å². The van der Waals surface area contributed by atoms with Crippen LogP contribution in [0.3, 0.4) is 0 Å². The predicted molar refractivity (Wildman–Crippen MR) is 136 cm³/mol. The fourth-order valence-corrected chi connectivity index (χ4v) is 4.04. The minimum atomic E-state index is -0.750. The van der Waals surface area contributed by atoms with E-state index in [9.17, 15) is 9.90 Å². The van der Waals surface area contributed by atoms with Crippen LogP contribution in [0.5, 0.6) is 0 Å². The van der Waals surface area contributed by atoms with Gasteiger partial charge in [-0.1, -0.05) is 20.8 Å². The van der Waals surface area contributed by atoms with E-state index in [-0.39, 0.29) is 58.6 Å². The van der Waals surface area contributed by atoms with Gasteiger partial charge in [0.25, 0.3) is 0 Å². The Balaban J connectivity index is 0.000000226. The van der Waals surface area contributed by atoms with Crippen LogP contribution in [0.2, 0.25) is 0 Å². The number of carbonyl (C=O) groups is 1. The van der Waals surface area contributed by atoms with Gasteiger partial charge in [-0.3, -0.25) is 4.79 Å². The fourth-order valence-electron chi connectivity index (χ4n) is 4.04. The number of halogens is 1. The Morgan fingerprint density at radius 2 is 1.12 bits per heavy atom. The number of hydrogen-bond acceptors (Lipinski definition) is 5. The molecule has 5 rings (SSSR count). The summed E-state index contributed by atoms with van der Waals surface area (Å²) in [5, 5.41) is 10.1. The van der Waals surface area contributed by atoms with Crippen molar-refractivity contribution in [1.29, 1.82) is 0 Å². The number of ketones is 1. The second-order valence-electron chi connectivity index (χ2n) is 11.8. The van der Waals surface area contributed by atoms with Crippen molar-refractivity contribution in [2.45, 2.75) is 83.3 Å². The van der Waals surface area contributed by atoms with Gasteiger partial charge in [-0.15, -0.1) is 5.60 Å². The van der Waals surface area contributed by atoms with Gasteiger partial charge < -0.3 is 19.3 Å². The molecule has 0 radical (unpaired) electrons. The van der Waals surface area contributed by atoms with Crippen LogP contribution in [0.25, 0.3) is 0 Å². The molecule has 32 heavy (non-hydrogen) atoms. The number of ether oxygens (including phenoxy) is 3. The summed E-state index contributed by atoms with van der Waals surface area (Å²) in [5.41, 5.74) is 0.645. The molecule has 0 N–H and O–H groups in total. The Bertz CT molecular complexity index is 542. The summed E-state index contributed by atoms with van der Waals surface area (Å²) in [6.45, 7) is 9.77. The molecule has 3 saturated heterocycles. The minimum Gasteiger partial charge on any atom is -0.850 e. The van der Waals surface area contributed by atoms with Crippen molar-refractivity contribution in [1.82, 2.24) is 0 Å². The third-order valence-electron chi connectivity index (χ3n) is 6.28. The second kappa shape index (κ2) is 13.1. The summed E-state index contributed by atoms with van der Waals surface area (Å²) >= 11 is 2.46. The Hall–Kier alpha value is 2.23. The molecular formula is C24H44IKO5S. The van der Waals surface area contributed by atoms with E-state index in [1.54, 1.807) is 20.8 Å². The fraction of sp³-hybridized carbons (Fsp3) is 0.958. The van der Waals surface area contributed by atoms with Gasteiger partial charge in [-0.2, -0.15) is 7.20 Å². The number of rotatable bonds is 0. The summed E-state index contributed by atoms with van der Waals surface area (Å²) in [4.78, 5) is 10.9. The third kappa shape index (κ3) is 13.0. The molecule has 0 bridgehead atoms. The first-order chi connectivity index (χ1) is 14.1. The summed E-state index contributed by atoms with van der Waals surface area (Å²) in [6, 6.07) is 0. The summed E-state index contributed by atoms with van der Waals surface area (Å²) in [5.74, 6) is 0.442. The van der Waals surface area contributed by atoms with E-state index in [4.69, 9.17) is 14.2 Å². The molecule has 3 aliphatic heterocycles. The molecule has 5 aliphatic rings. The third-order valence-corrected chi connectivity index (χ3v) is 6.28. The molecule has 5 nitrogen and oxygen atoms in total. The van der Waals surface area contributed by atoms with Crippen LogP contribution in [0.4, 0.5) is 0 Å². The molecule has 2 aliphatic carbocycles. The van der Waals surface area contributed by atoms with Crippen molar-refractivity contribution in [3.63, 3.8) is 0 Å². The standard InChI is InChI=1S/C9H14O2.C8H12O2.C4H9O.C3H9IS.K/c1-3-9(7-11-9)4-2-8(1)5-10-6-8;9-7-1-3-8(4-2-7)5-10-6-8;1-4(2,3)5;1-5(2,3)4;/h1-7H2;1-6H2;2*1-3H3;/q;;-1;;+1. The molecule has 3 heterocycles. The van der Waals surface area contributed by atoms with Crippen LogP contribution in [-0.2, 0) is 19.0 Å². The molecular weight excluding hydrogens is 566 g/mol. The normalized spacial score (nSPS) is 26.4. The first-order valence-electron chi connectivity index (χ1n) is 11.5. The van der Waals surface area contributed by atoms with E-state index in [0.29, 0.717) is 22.2 Å². The molecule has 0 aromatic carbocycles. The second-order valence-corrected chi connectivity index (χ2v) is 23.1. The van der Waals surface area contributed by atoms with Gasteiger partial charge in [0.2, 0.25) is 0 Å². The average Bonchev–Trinajstić information content (AvgIpc) is 3.31. The van der Waals surface area contributed by atoms with Gasteiger partial charge in [0.1, 0.15) is 5.78 Å². The quantitative estimate of drug-likeness (QED) is 0.237. The molecule has 0 atom stereocenters. The van der Waals surface area contributed by atoms with E-state index >= 15 is 0 Å². The largest absolute Gasteiger partial charge is 1.00 e. The van der Waals surface area contributed by atoms with Crippen LogP contribution in [-0.4, -0.2) is 68.8 Å². The zero-order valence-electron chi connectivity index (χ0n) is 21.5. The topological polar surface area (TPSA) is 71.1 Å². The maximum Gasteiger partial charge on any atom is 1.00 e. The van der Waals surface area contributed by atoms with Crippen LogP contribution in [0, 0.1) is 10.8 Å². The first-order valence-corrected chi connectivity index (χ1v) is 16.9. The van der Waals surface area contributed by atoms with Crippen molar-refractivity contribution in [2.24, 2.45) is 10.8 Å². The molecule has 0 unspecified atom stereocenters. The summed E-state index contributed by atoms with van der Waals surface area (Å²) in [6.07, 6.45) is 15.8. The Morgan fingerprint density at radius 3 is 1.38 bits per heavy atom. The van der Waals surface area contributed by atoms with Crippen LogP contribution in [0.15, 0.2) is 0 Å².